The molecule has 4 heteroatoms. The number of rotatable bonds is 7. The number of nitrogens with one attached hydrogen (secondary N) is 1. The Morgan fingerprint density at radius 1 is 1.33 bits per heavy atom. The molecular weight excluding hydrogens is 246 g/mol. The van der Waals surface area contributed by atoms with Crippen LogP contribution in [0.5, 0.6) is 5.75 Å². The second-order valence-electron chi connectivity index (χ2n) is 4.52. The molecule has 0 amide bonds. The lowest BCUT2D eigenvalue weighted by atomic mass is 10.1. The third-order valence-electron chi connectivity index (χ3n) is 3.17. The summed E-state index contributed by atoms with van der Waals surface area (Å²) < 4.78 is 16.6. The maximum atomic E-state index is 11.3. The fourth-order valence-electron chi connectivity index (χ4n) is 1.80. The van der Waals surface area contributed by atoms with E-state index in [4.69, 9.17) is 4.74 Å². The number of para-hydroxylation sites is 1. The van der Waals surface area contributed by atoms with Crippen LogP contribution in [0.4, 0.5) is 0 Å². The van der Waals surface area contributed by atoms with Gasteiger partial charge in [-0.25, -0.2) is 0 Å². The second kappa shape index (κ2) is 7.54. The van der Waals surface area contributed by atoms with Gasteiger partial charge in [0.05, 0.1) is 7.11 Å². The van der Waals surface area contributed by atoms with Gasteiger partial charge in [0.25, 0.3) is 0 Å². The van der Waals surface area contributed by atoms with Crippen molar-refractivity contribution in [3.63, 3.8) is 0 Å². The van der Waals surface area contributed by atoms with E-state index in [-0.39, 0.29) is 11.3 Å². The van der Waals surface area contributed by atoms with Gasteiger partial charge in [-0.2, -0.15) is 0 Å². The molecule has 0 aliphatic heterocycles. The molecule has 0 aliphatic carbocycles. The predicted octanol–water partition coefficient (Wildman–Crippen LogP) is 2.50. The van der Waals surface area contributed by atoms with E-state index in [2.05, 4.69) is 18.3 Å². The van der Waals surface area contributed by atoms with Crippen LogP contribution in [0, 0.1) is 0 Å². The van der Waals surface area contributed by atoms with Gasteiger partial charge in [0.15, 0.2) is 0 Å². The molecule has 1 rings (SSSR count). The lowest BCUT2D eigenvalue weighted by molar-refractivity contribution is 0.401. The Bertz CT molecular complexity index is 395. The first-order valence-corrected chi connectivity index (χ1v) is 7.87. The van der Waals surface area contributed by atoms with Crippen molar-refractivity contribution >= 4 is 10.8 Å². The molecule has 3 unspecified atom stereocenters. The van der Waals surface area contributed by atoms with Gasteiger partial charge in [-0.1, -0.05) is 25.1 Å². The fourth-order valence-corrected chi connectivity index (χ4v) is 2.25. The van der Waals surface area contributed by atoms with Crippen molar-refractivity contribution in [3.05, 3.63) is 29.8 Å². The average molecular weight is 269 g/mol. The van der Waals surface area contributed by atoms with Gasteiger partial charge < -0.3 is 10.1 Å². The minimum atomic E-state index is -0.740. The Hall–Kier alpha value is -0.870. The number of ether oxygens (including phenoxy) is 1. The molecular formula is C14H23NO2S. The standard InChI is InChI=1S/C14H23NO2S/c1-11(18(4)16)9-10-15-12(2)13-7-5-6-8-14(13)17-3/h5-8,11-12,15H,9-10H2,1-4H3. The molecule has 3 nitrogen and oxygen atoms in total. The lowest BCUT2D eigenvalue weighted by Gasteiger charge is -2.18. The molecule has 0 aromatic heterocycles. The van der Waals surface area contributed by atoms with E-state index < -0.39 is 10.8 Å². The highest BCUT2D eigenvalue weighted by atomic mass is 32.2. The van der Waals surface area contributed by atoms with Crippen LogP contribution in [0.25, 0.3) is 0 Å². The summed E-state index contributed by atoms with van der Waals surface area (Å²) in [6.45, 7) is 5.00. The Labute approximate surface area is 112 Å². The second-order valence-corrected chi connectivity index (χ2v) is 6.32. The van der Waals surface area contributed by atoms with Crippen LogP contribution in [0.1, 0.15) is 31.9 Å². The molecule has 0 saturated carbocycles. The normalized spacial score (nSPS) is 16.0. The molecule has 0 heterocycles. The van der Waals surface area contributed by atoms with Gasteiger partial charge in [0.1, 0.15) is 5.75 Å². The van der Waals surface area contributed by atoms with E-state index in [1.807, 2.05) is 25.1 Å². The summed E-state index contributed by atoms with van der Waals surface area (Å²) in [5.74, 6) is 0.907. The van der Waals surface area contributed by atoms with E-state index in [0.717, 1.165) is 24.3 Å². The van der Waals surface area contributed by atoms with Crippen molar-refractivity contribution in [3.8, 4) is 5.75 Å². The van der Waals surface area contributed by atoms with Crippen LogP contribution in [0.3, 0.4) is 0 Å². The van der Waals surface area contributed by atoms with Crippen LogP contribution in [-0.4, -0.2) is 29.4 Å². The first-order valence-electron chi connectivity index (χ1n) is 6.24. The zero-order valence-electron chi connectivity index (χ0n) is 11.6. The summed E-state index contributed by atoms with van der Waals surface area (Å²) >= 11 is 0. The third-order valence-corrected chi connectivity index (χ3v) is 4.54. The third kappa shape index (κ3) is 4.42. The molecule has 3 atom stereocenters. The fraction of sp³-hybridized carbons (Fsp3) is 0.571. The van der Waals surface area contributed by atoms with E-state index in [9.17, 15) is 4.21 Å². The Morgan fingerprint density at radius 3 is 2.61 bits per heavy atom. The Balaban J connectivity index is 2.50. The zero-order valence-corrected chi connectivity index (χ0v) is 12.4. The predicted molar refractivity (Wildman–Crippen MR) is 77.6 cm³/mol. The van der Waals surface area contributed by atoms with Gasteiger partial charge in [0, 0.05) is 33.9 Å². The lowest BCUT2D eigenvalue weighted by Crippen LogP contribution is -2.24. The van der Waals surface area contributed by atoms with Crippen molar-refractivity contribution in [1.29, 1.82) is 0 Å². The summed E-state index contributed by atoms with van der Waals surface area (Å²) in [6, 6.07) is 8.25. The van der Waals surface area contributed by atoms with Crippen molar-refractivity contribution in [2.45, 2.75) is 31.6 Å². The summed E-state index contributed by atoms with van der Waals surface area (Å²) in [6.07, 6.45) is 2.68. The van der Waals surface area contributed by atoms with Crippen LogP contribution in [-0.2, 0) is 10.8 Å². The Morgan fingerprint density at radius 2 is 2.00 bits per heavy atom. The minimum Gasteiger partial charge on any atom is -0.496 e. The largest absolute Gasteiger partial charge is 0.496 e. The van der Waals surface area contributed by atoms with Gasteiger partial charge in [0.2, 0.25) is 0 Å². The molecule has 1 N–H and O–H groups in total. The number of hydrogen-bond donors (Lipinski definition) is 1. The molecule has 0 aliphatic rings. The zero-order chi connectivity index (χ0) is 13.5. The highest BCUT2D eigenvalue weighted by Gasteiger charge is 2.11. The van der Waals surface area contributed by atoms with Crippen LogP contribution in [0.15, 0.2) is 24.3 Å². The summed E-state index contributed by atoms with van der Waals surface area (Å²) in [7, 11) is 0.948. The molecule has 0 radical (unpaired) electrons. The van der Waals surface area contributed by atoms with Crippen molar-refractivity contribution in [2.75, 3.05) is 19.9 Å². The molecule has 0 saturated heterocycles. The highest BCUT2D eigenvalue weighted by Crippen LogP contribution is 2.24. The molecule has 0 spiro atoms. The molecule has 1 aromatic rings. The topological polar surface area (TPSA) is 38.3 Å². The monoisotopic (exact) mass is 269 g/mol. The molecule has 102 valence electrons. The van der Waals surface area contributed by atoms with Gasteiger partial charge in [-0.05, 0) is 26.0 Å². The maximum Gasteiger partial charge on any atom is 0.123 e. The van der Waals surface area contributed by atoms with Crippen molar-refractivity contribution in [2.24, 2.45) is 0 Å². The first-order chi connectivity index (χ1) is 8.56. The first kappa shape index (κ1) is 15.2. The van der Waals surface area contributed by atoms with Crippen molar-refractivity contribution in [1.82, 2.24) is 5.32 Å². The highest BCUT2D eigenvalue weighted by molar-refractivity contribution is 7.84. The number of hydrogen-bond acceptors (Lipinski definition) is 3. The maximum absolute atomic E-state index is 11.3. The SMILES string of the molecule is COc1ccccc1C(C)NCCC(C)S(C)=O. The minimum absolute atomic E-state index is 0.235. The van der Waals surface area contributed by atoms with Gasteiger partial charge in [-0.3, -0.25) is 4.21 Å². The van der Waals surface area contributed by atoms with E-state index in [1.165, 1.54) is 0 Å². The van der Waals surface area contributed by atoms with Crippen LogP contribution in [0.2, 0.25) is 0 Å². The summed E-state index contributed by atoms with van der Waals surface area (Å²) in [5, 5.41) is 3.68. The number of methoxy groups -OCH3 is 1. The van der Waals surface area contributed by atoms with E-state index in [1.54, 1.807) is 13.4 Å². The summed E-state index contributed by atoms with van der Waals surface area (Å²) in [5.41, 5.74) is 1.16. The smallest absolute Gasteiger partial charge is 0.123 e. The molecule has 1 aromatic carbocycles. The Kier molecular flexibility index (Phi) is 6.36. The summed E-state index contributed by atoms with van der Waals surface area (Å²) in [4.78, 5) is 0. The van der Waals surface area contributed by atoms with Crippen LogP contribution < -0.4 is 10.1 Å². The average Bonchev–Trinajstić information content (AvgIpc) is 2.38. The molecule has 18 heavy (non-hydrogen) atoms. The number of benzene rings is 1. The molecule has 0 fully saturated rings. The van der Waals surface area contributed by atoms with Crippen molar-refractivity contribution < 1.29 is 8.95 Å². The van der Waals surface area contributed by atoms with E-state index in [0.29, 0.717) is 0 Å². The van der Waals surface area contributed by atoms with E-state index >= 15 is 0 Å². The van der Waals surface area contributed by atoms with Gasteiger partial charge in [-0.15, -0.1) is 0 Å². The quantitative estimate of drug-likeness (QED) is 0.826. The van der Waals surface area contributed by atoms with Gasteiger partial charge >= 0.3 is 0 Å². The molecule has 0 bridgehead atoms. The van der Waals surface area contributed by atoms with Crippen LogP contribution >= 0.6 is 0 Å².